The van der Waals surface area contributed by atoms with Crippen LogP contribution in [-0.4, -0.2) is 31.7 Å². The molecule has 0 aromatic carbocycles. The van der Waals surface area contributed by atoms with Crippen molar-refractivity contribution < 1.29 is 14.3 Å². The van der Waals surface area contributed by atoms with Crippen LogP contribution in [0.1, 0.15) is 13.3 Å². The Bertz CT molecular complexity index is 192. The summed E-state index contributed by atoms with van der Waals surface area (Å²) in [5, 5.41) is 2.59. The maximum absolute atomic E-state index is 11.3. The van der Waals surface area contributed by atoms with Gasteiger partial charge in [0.05, 0.1) is 6.54 Å². The van der Waals surface area contributed by atoms with E-state index in [1.54, 1.807) is 0 Å². The topological polar surface area (TPSA) is 107 Å². The van der Waals surface area contributed by atoms with Crippen LogP contribution >= 0.6 is 0 Å². The Hall–Kier alpha value is -1.30. The molecule has 0 spiro atoms. The molecule has 0 heterocycles. The highest BCUT2D eigenvalue weighted by Crippen LogP contribution is 1.98. The number of carbonyl (C=O) groups excluding carboxylic acids is 2. The molecule has 14 heavy (non-hydrogen) atoms. The van der Waals surface area contributed by atoms with Gasteiger partial charge in [-0.3, -0.25) is 4.79 Å². The number of ether oxygens (including phenoxy) is 1. The number of amides is 2. The normalized spacial score (nSPS) is 11.9. The fourth-order valence-corrected chi connectivity index (χ4v) is 0.929. The highest BCUT2D eigenvalue weighted by molar-refractivity contribution is 5.78. The fraction of sp³-hybridized carbons (Fsp3) is 0.750. The number of rotatable bonds is 6. The van der Waals surface area contributed by atoms with Crippen molar-refractivity contribution in [1.29, 1.82) is 0 Å². The molecular weight excluding hydrogens is 186 g/mol. The quantitative estimate of drug-likeness (QED) is 0.490. The van der Waals surface area contributed by atoms with E-state index in [0.717, 1.165) is 0 Å². The van der Waals surface area contributed by atoms with E-state index in [4.69, 9.17) is 11.5 Å². The van der Waals surface area contributed by atoms with E-state index in [9.17, 15) is 9.59 Å². The molecule has 0 bridgehead atoms. The Morgan fingerprint density at radius 2 is 2.14 bits per heavy atom. The second kappa shape index (κ2) is 7.14. The van der Waals surface area contributed by atoms with Gasteiger partial charge in [0.25, 0.3) is 0 Å². The zero-order valence-electron chi connectivity index (χ0n) is 8.29. The molecule has 0 rings (SSSR count). The lowest BCUT2D eigenvalue weighted by atomic mass is 10.1. The number of hydrogen-bond acceptors (Lipinski definition) is 4. The van der Waals surface area contributed by atoms with Crippen LogP contribution in [0.4, 0.5) is 4.79 Å². The van der Waals surface area contributed by atoms with Crippen LogP contribution in [0.5, 0.6) is 0 Å². The number of carbonyl (C=O) groups is 2. The molecule has 0 aromatic rings. The summed E-state index contributed by atoms with van der Waals surface area (Å²) in [5.41, 5.74) is 10.1. The van der Waals surface area contributed by atoms with Crippen molar-refractivity contribution in [3.63, 3.8) is 0 Å². The summed E-state index contributed by atoms with van der Waals surface area (Å²) in [6, 6.07) is 0. The predicted octanol–water partition coefficient (Wildman–Crippen LogP) is -0.817. The van der Waals surface area contributed by atoms with E-state index in [2.05, 4.69) is 10.1 Å². The summed E-state index contributed by atoms with van der Waals surface area (Å²) < 4.78 is 4.43. The molecule has 0 aliphatic rings. The predicted molar refractivity (Wildman–Crippen MR) is 51.4 cm³/mol. The van der Waals surface area contributed by atoms with Gasteiger partial charge >= 0.3 is 6.09 Å². The van der Waals surface area contributed by atoms with Gasteiger partial charge in [-0.25, -0.2) is 4.79 Å². The van der Waals surface area contributed by atoms with E-state index in [1.165, 1.54) is 0 Å². The molecule has 5 N–H and O–H groups in total. The van der Waals surface area contributed by atoms with Gasteiger partial charge < -0.3 is 21.5 Å². The molecule has 0 aliphatic carbocycles. The largest absolute Gasteiger partial charge is 0.448 e. The standard InChI is InChI=1S/C8H17N3O3/c1-2-6(5-9)7(12)11-3-4-14-8(10)13/h6H,2-5,9H2,1H3,(H2,10,13)(H,11,12). The van der Waals surface area contributed by atoms with Gasteiger partial charge in [0, 0.05) is 12.5 Å². The summed E-state index contributed by atoms with van der Waals surface area (Å²) >= 11 is 0. The van der Waals surface area contributed by atoms with E-state index >= 15 is 0 Å². The van der Waals surface area contributed by atoms with Crippen molar-refractivity contribution in [2.45, 2.75) is 13.3 Å². The number of nitrogens with one attached hydrogen (secondary N) is 1. The molecule has 0 aliphatic heterocycles. The maximum Gasteiger partial charge on any atom is 0.404 e. The van der Waals surface area contributed by atoms with E-state index < -0.39 is 6.09 Å². The number of hydrogen-bond donors (Lipinski definition) is 3. The summed E-state index contributed by atoms with van der Waals surface area (Å²) in [6.45, 7) is 2.55. The first-order valence-electron chi connectivity index (χ1n) is 4.51. The molecular formula is C8H17N3O3. The number of nitrogens with two attached hydrogens (primary N) is 2. The molecule has 82 valence electrons. The van der Waals surface area contributed by atoms with Crippen LogP contribution in [-0.2, 0) is 9.53 Å². The van der Waals surface area contributed by atoms with Gasteiger partial charge in [0.15, 0.2) is 0 Å². The van der Waals surface area contributed by atoms with Crippen LogP contribution in [0.3, 0.4) is 0 Å². The average Bonchev–Trinajstić information content (AvgIpc) is 2.14. The second-order valence-corrected chi connectivity index (χ2v) is 2.80. The highest BCUT2D eigenvalue weighted by atomic mass is 16.5. The lowest BCUT2D eigenvalue weighted by molar-refractivity contribution is -0.124. The molecule has 0 aromatic heterocycles. The first-order chi connectivity index (χ1) is 6.61. The summed E-state index contributed by atoms with van der Waals surface area (Å²) in [6.07, 6.45) is -0.149. The molecule has 0 saturated heterocycles. The molecule has 6 nitrogen and oxygen atoms in total. The Kier molecular flexibility index (Phi) is 6.47. The van der Waals surface area contributed by atoms with Crippen molar-refractivity contribution in [2.24, 2.45) is 17.4 Å². The van der Waals surface area contributed by atoms with Gasteiger partial charge in [0.1, 0.15) is 6.61 Å². The summed E-state index contributed by atoms with van der Waals surface area (Å²) in [4.78, 5) is 21.4. The van der Waals surface area contributed by atoms with Crippen LogP contribution in [0.25, 0.3) is 0 Å². The van der Waals surface area contributed by atoms with Crippen molar-refractivity contribution in [2.75, 3.05) is 19.7 Å². The van der Waals surface area contributed by atoms with Gasteiger partial charge in [-0.05, 0) is 6.42 Å². The van der Waals surface area contributed by atoms with Crippen molar-refractivity contribution in [3.8, 4) is 0 Å². The van der Waals surface area contributed by atoms with Gasteiger partial charge in [-0.2, -0.15) is 0 Å². The van der Waals surface area contributed by atoms with E-state index in [-0.39, 0.29) is 25.0 Å². The Morgan fingerprint density at radius 3 is 2.57 bits per heavy atom. The molecule has 0 fully saturated rings. The van der Waals surface area contributed by atoms with Crippen molar-refractivity contribution >= 4 is 12.0 Å². The number of primary amides is 1. The van der Waals surface area contributed by atoms with E-state index in [1.807, 2.05) is 6.92 Å². The third kappa shape index (κ3) is 5.36. The minimum absolute atomic E-state index is 0.0854. The first-order valence-corrected chi connectivity index (χ1v) is 4.51. The zero-order valence-corrected chi connectivity index (χ0v) is 8.29. The minimum Gasteiger partial charge on any atom is -0.448 e. The van der Waals surface area contributed by atoms with Gasteiger partial charge in [0.2, 0.25) is 5.91 Å². The van der Waals surface area contributed by atoms with Gasteiger partial charge in [-0.1, -0.05) is 6.92 Å². The van der Waals surface area contributed by atoms with Crippen LogP contribution in [0.15, 0.2) is 0 Å². The summed E-state index contributed by atoms with van der Waals surface area (Å²) in [5.74, 6) is -0.299. The van der Waals surface area contributed by atoms with Crippen LogP contribution in [0, 0.1) is 5.92 Å². The average molecular weight is 203 g/mol. The second-order valence-electron chi connectivity index (χ2n) is 2.80. The highest BCUT2D eigenvalue weighted by Gasteiger charge is 2.13. The third-order valence-electron chi connectivity index (χ3n) is 1.79. The molecule has 1 unspecified atom stereocenters. The molecule has 2 amide bonds. The van der Waals surface area contributed by atoms with Crippen molar-refractivity contribution in [1.82, 2.24) is 5.32 Å². The van der Waals surface area contributed by atoms with Crippen LogP contribution < -0.4 is 16.8 Å². The monoisotopic (exact) mass is 203 g/mol. The lowest BCUT2D eigenvalue weighted by Crippen LogP contribution is -2.36. The van der Waals surface area contributed by atoms with Crippen LogP contribution in [0.2, 0.25) is 0 Å². The van der Waals surface area contributed by atoms with E-state index in [0.29, 0.717) is 13.0 Å². The fourth-order valence-electron chi connectivity index (χ4n) is 0.929. The molecule has 0 radical (unpaired) electrons. The summed E-state index contributed by atoms with van der Waals surface area (Å²) in [7, 11) is 0. The molecule has 0 saturated carbocycles. The Labute approximate surface area is 83.0 Å². The maximum atomic E-state index is 11.3. The molecule has 6 heteroatoms. The van der Waals surface area contributed by atoms with Gasteiger partial charge in [-0.15, -0.1) is 0 Å². The van der Waals surface area contributed by atoms with Crippen molar-refractivity contribution in [3.05, 3.63) is 0 Å². The lowest BCUT2D eigenvalue weighted by Gasteiger charge is -2.12. The smallest absolute Gasteiger partial charge is 0.404 e. The zero-order chi connectivity index (χ0) is 11.0. The molecule has 1 atom stereocenters. The third-order valence-corrected chi connectivity index (χ3v) is 1.79. The SMILES string of the molecule is CCC(CN)C(=O)NCCOC(N)=O. The minimum atomic E-state index is -0.842. The Balaban J connectivity index is 3.57. The Morgan fingerprint density at radius 1 is 1.50 bits per heavy atom. The first kappa shape index (κ1) is 12.7.